The maximum absolute atomic E-state index is 6.01. The molecule has 1 heterocycles. The third-order valence-electron chi connectivity index (χ3n) is 3.27. The molecule has 3 heteroatoms. The van der Waals surface area contributed by atoms with Crippen LogP contribution < -0.4 is 10.5 Å². The first-order valence-corrected chi connectivity index (χ1v) is 6.43. The molecule has 1 aromatic rings. The van der Waals surface area contributed by atoms with Crippen molar-refractivity contribution in [2.24, 2.45) is 5.92 Å². The largest absolute Gasteiger partial charge is 0.487 e. The second-order valence-corrected chi connectivity index (χ2v) is 5.43. The average Bonchev–Trinajstić information content (AvgIpc) is 3.01. The quantitative estimate of drug-likeness (QED) is 0.631. The van der Waals surface area contributed by atoms with E-state index in [9.17, 15) is 0 Å². The van der Waals surface area contributed by atoms with Crippen LogP contribution in [0.1, 0.15) is 24.3 Å². The summed E-state index contributed by atoms with van der Waals surface area (Å²) in [6, 6.07) is 4.05. The molecule has 1 fully saturated rings. The van der Waals surface area contributed by atoms with E-state index in [-0.39, 0.29) is 0 Å². The zero-order chi connectivity index (χ0) is 11.1. The van der Waals surface area contributed by atoms with E-state index in [1.165, 1.54) is 18.4 Å². The van der Waals surface area contributed by atoms with Gasteiger partial charge in [0, 0.05) is 16.0 Å². The first-order valence-electron chi connectivity index (χ1n) is 5.64. The summed E-state index contributed by atoms with van der Waals surface area (Å²) < 4.78 is 6.75. The monoisotopic (exact) mass is 279 g/mol. The maximum atomic E-state index is 6.01. The molecule has 1 atom stereocenters. The highest BCUT2D eigenvalue weighted by Crippen LogP contribution is 2.48. The van der Waals surface area contributed by atoms with Gasteiger partial charge in [0.1, 0.15) is 12.4 Å². The van der Waals surface area contributed by atoms with Crippen LogP contribution in [0.4, 0.5) is 5.69 Å². The molecule has 1 saturated carbocycles. The summed E-state index contributed by atoms with van der Waals surface area (Å²) in [7, 11) is 0. The zero-order valence-electron chi connectivity index (χ0n) is 8.95. The molecular formula is C13H14BrNO. The standard InChI is InChI=1S/C13H14BrNO/c14-9-6-11-10(8-3-4-8)2-1-5-16-13(11)12(15)7-9/h1-2,6-8,10H,3-5,15H2. The van der Waals surface area contributed by atoms with E-state index in [1.54, 1.807) is 0 Å². The minimum Gasteiger partial charge on any atom is -0.487 e. The number of nitrogen functional groups attached to an aromatic ring is 1. The Morgan fingerprint density at radius 3 is 2.88 bits per heavy atom. The molecule has 84 valence electrons. The predicted molar refractivity (Wildman–Crippen MR) is 68.7 cm³/mol. The minimum absolute atomic E-state index is 0.484. The fourth-order valence-corrected chi connectivity index (χ4v) is 2.85. The fraction of sp³-hybridized carbons (Fsp3) is 0.385. The third kappa shape index (κ3) is 1.73. The van der Waals surface area contributed by atoms with Crippen molar-refractivity contribution >= 4 is 21.6 Å². The van der Waals surface area contributed by atoms with Crippen molar-refractivity contribution in [2.45, 2.75) is 18.8 Å². The Bertz CT molecular complexity index is 451. The number of anilines is 1. The van der Waals surface area contributed by atoms with Gasteiger partial charge >= 0.3 is 0 Å². The Hall–Kier alpha value is -0.960. The number of fused-ring (bicyclic) bond motifs is 1. The Morgan fingerprint density at radius 2 is 2.12 bits per heavy atom. The lowest BCUT2D eigenvalue weighted by molar-refractivity contribution is 0.363. The van der Waals surface area contributed by atoms with Crippen LogP contribution in [-0.2, 0) is 0 Å². The first-order chi connectivity index (χ1) is 7.75. The zero-order valence-corrected chi connectivity index (χ0v) is 10.5. The van der Waals surface area contributed by atoms with Crippen molar-refractivity contribution in [3.8, 4) is 5.75 Å². The Balaban J connectivity index is 2.12. The van der Waals surface area contributed by atoms with Gasteiger partial charge in [0.15, 0.2) is 0 Å². The number of hydrogen-bond acceptors (Lipinski definition) is 2. The summed E-state index contributed by atoms with van der Waals surface area (Å²) in [4.78, 5) is 0. The Labute approximate surface area is 104 Å². The van der Waals surface area contributed by atoms with Gasteiger partial charge in [-0.3, -0.25) is 0 Å². The van der Waals surface area contributed by atoms with Crippen LogP contribution in [-0.4, -0.2) is 6.61 Å². The van der Waals surface area contributed by atoms with Crippen LogP contribution in [0.3, 0.4) is 0 Å². The van der Waals surface area contributed by atoms with Crippen molar-refractivity contribution in [1.82, 2.24) is 0 Å². The van der Waals surface area contributed by atoms with Crippen LogP contribution >= 0.6 is 15.9 Å². The lowest BCUT2D eigenvalue weighted by atomic mass is 9.93. The van der Waals surface area contributed by atoms with Crippen molar-refractivity contribution in [3.05, 3.63) is 34.3 Å². The lowest BCUT2D eigenvalue weighted by Gasteiger charge is -2.16. The summed E-state index contributed by atoms with van der Waals surface area (Å²) in [6.45, 7) is 0.627. The van der Waals surface area contributed by atoms with Crippen LogP contribution in [0.2, 0.25) is 0 Å². The van der Waals surface area contributed by atoms with E-state index in [0.29, 0.717) is 12.5 Å². The molecule has 0 bridgehead atoms. The topological polar surface area (TPSA) is 35.2 Å². The van der Waals surface area contributed by atoms with Gasteiger partial charge in [-0.15, -0.1) is 0 Å². The molecule has 0 aromatic heterocycles. The molecule has 2 nitrogen and oxygen atoms in total. The van der Waals surface area contributed by atoms with Gasteiger partial charge < -0.3 is 10.5 Å². The highest BCUT2D eigenvalue weighted by atomic mass is 79.9. The second-order valence-electron chi connectivity index (χ2n) is 4.52. The van der Waals surface area contributed by atoms with E-state index >= 15 is 0 Å². The van der Waals surface area contributed by atoms with Gasteiger partial charge in [0.05, 0.1) is 5.69 Å². The van der Waals surface area contributed by atoms with Crippen molar-refractivity contribution in [2.75, 3.05) is 12.3 Å². The van der Waals surface area contributed by atoms with Gasteiger partial charge in [-0.2, -0.15) is 0 Å². The Kier molecular flexibility index (Phi) is 2.43. The molecule has 16 heavy (non-hydrogen) atoms. The average molecular weight is 280 g/mol. The number of ether oxygens (including phenoxy) is 1. The van der Waals surface area contributed by atoms with E-state index in [0.717, 1.165) is 21.8 Å². The molecule has 1 aliphatic heterocycles. The molecule has 1 aromatic carbocycles. The number of allylic oxidation sites excluding steroid dienone is 1. The van der Waals surface area contributed by atoms with Crippen LogP contribution in [0.25, 0.3) is 0 Å². The molecule has 2 N–H and O–H groups in total. The van der Waals surface area contributed by atoms with Crippen molar-refractivity contribution < 1.29 is 4.74 Å². The molecule has 2 aliphatic rings. The summed E-state index contributed by atoms with van der Waals surface area (Å²) in [5, 5.41) is 0. The molecule has 0 spiro atoms. The molecule has 1 unspecified atom stereocenters. The first kappa shape index (κ1) is 10.2. The summed E-state index contributed by atoms with van der Waals surface area (Å²) >= 11 is 3.50. The Morgan fingerprint density at radius 1 is 1.31 bits per heavy atom. The van der Waals surface area contributed by atoms with Gasteiger partial charge in [-0.25, -0.2) is 0 Å². The van der Waals surface area contributed by atoms with Gasteiger partial charge in [0.2, 0.25) is 0 Å². The van der Waals surface area contributed by atoms with Crippen molar-refractivity contribution in [3.63, 3.8) is 0 Å². The number of benzene rings is 1. The maximum Gasteiger partial charge on any atom is 0.146 e. The number of nitrogens with two attached hydrogens (primary N) is 1. The van der Waals surface area contributed by atoms with Gasteiger partial charge in [-0.05, 0) is 30.9 Å². The summed E-state index contributed by atoms with van der Waals surface area (Å²) in [6.07, 6.45) is 7.02. The molecule has 0 radical (unpaired) electrons. The van der Waals surface area contributed by atoms with Gasteiger partial charge in [-0.1, -0.05) is 28.1 Å². The smallest absolute Gasteiger partial charge is 0.146 e. The SMILES string of the molecule is Nc1cc(Br)cc2c1OCC=CC2C1CC1. The van der Waals surface area contributed by atoms with Crippen molar-refractivity contribution in [1.29, 1.82) is 0 Å². The molecule has 1 aliphatic carbocycles. The lowest BCUT2D eigenvalue weighted by Crippen LogP contribution is -2.03. The molecule has 3 rings (SSSR count). The normalized spacial score (nSPS) is 23.4. The second kappa shape index (κ2) is 3.81. The van der Waals surface area contributed by atoms with E-state index < -0.39 is 0 Å². The molecule has 0 saturated heterocycles. The third-order valence-corrected chi connectivity index (χ3v) is 3.73. The van der Waals surface area contributed by atoms with E-state index in [4.69, 9.17) is 10.5 Å². The highest BCUT2D eigenvalue weighted by Gasteiger charge is 2.33. The number of rotatable bonds is 1. The van der Waals surface area contributed by atoms with E-state index in [1.807, 2.05) is 6.07 Å². The van der Waals surface area contributed by atoms with E-state index in [2.05, 4.69) is 34.1 Å². The van der Waals surface area contributed by atoms with Gasteiger partial charge in [0.25, 0.3) is 0 Å². The summed E-state index contributed by atoms with van der Waals surface area (Å²) in [5.41, 5.74) is 7.99. The van der Waals surface area contributed by atoms with Crippen LogP contribution in [0.5, 0.6) is 5.75 Å². The molecular weight excluding hydrogens is 266 g/mol. The minimum atomic E-state index is 0.484. The number of halogens is 1. The highest BCUT2D eigenvalue weighted by molar-refractivity contribution is 9.10. The fourth-order valence-electron chi connectivity index (χ4n) is 2.35. The van der Waals surface area contributed by atoms with Crippen LogP contribution in [0.15, 0.2) is 28.8 Å². The summed E-state index contributed by atoms with van der Waals surface area (Å²) in [5.74, 6) is 2.15. The predicted octanol–water partition coefficient (Wildman–Crippen LogP) is 3.47. The molecule has 0 amide bonds. The number of hydrogen-bond donors (Lipinski definition) is 1. The van der Waals surface area contributed by atoms with Crippen LogP contribution in [0, 0.1) is 5.92 Å².